The minimum atomic E-state index is -4.57. The average molecular weight is 373 g/mol. The predicted octanol–water partition coefficient (Wildman–Crippen LogP) is 2.64. The van der Waals surface area contributed by atoms with Crippen LogP contribution in [-0.2, 0) is 4.74 Å². The summed E-state index contributed by atoms with van der Waals surface area (Å²) in [7, 11) is -3.12. The number of halogens is 3. The van der Waals surface area contributed by atoms with Crippen LogP contribution in [0.2, 0.25) is 0 Å². The molecule has 6 nitrogen and oxygen atoms in total. The standard InChI is InChI=1S/C14H27F3N3O3P/c1-13(2,3)23-12(21)18-10-11-4-7-20(8-5-11)9-6-19-24(22)14(15,16)17/h11,19,22H,4-10H2,1-3H3,(H,18,21). The zero-order valence-electron chi connectivity index (χ0n) is 14.3. The smallest absolute Gasteiger partial charge is 0.444 e. The quantitative estimate of drug-likeness (QED) is 0.625. The molecule has 1 atom stereocenters. The van der Waals surface area contributed by atoms with E-state index in [1.807, 2.05) is 0 Å². The van der Waals surface area contributed by atoms with Gasteiger partial charge in [0.1, 0.15) is 5.60 Å². The second kappa shape index (κ2) is 9.17. The number of ether oxygens (including phenoxy) is 1. The van der Waals surface area contributed by atoms with Gasteiger partial charge in [-0.2, -0.15) is 13.2 Å². The highest BCUT2D eigenvalue weighted by molar-refractivity contribution is 7.50. The summed E-state index contributed by atoms with van der Waals surface area (Å²) in [5, 5.41) is 4.87. The lowest BCUT2D eigenvalue weighted by Crippen LogP contribution is -2.42. The molecule has 3 N–H and O–H groups in total. The number of nitrogens with zero attached hydrogens (tertiary/aromatic N) is 1. The molecule has 0 aromatic carbocycles. The number of alkyl halides is 3. The number of likely N-dealkylation sites (tertiary alicyclic amines) is 1. The largest absolute Gasteiger partial charge is 0.445 e. The van der Waals surface area contributed by atoms with Crippen LogP contribution in [0.25, 0.3) is 0 Å². The zero-order chi connectivity index (χ0) is 18.4. The summed E-state index contributed by atoms with van der Waals surface area (Å²) in [6, 6.07) is 0. The third-order valence-electron chi connectivity index (χ3n) is 3.57. The second-order valence-corrected chi connectivity index (χ2v) is 8.30. The summed E-state index contributed by atoms with van der Waals surface area (Å²) in [5.74, 6) is -4.23. The molecule has 1 aliphatic heterocycles. The molecule has 0 aromatic heterocycles. The average Bonchev–Trinajstić information content (AvgIpc) is 2.43. The number of hydrogen-bond donors (Lipinski definition) is 3. The number of carbonyl (C=O) groups is 1. The third-order valence-corrected chi connectivity index (χ3v) is 4.57. The Labute approximate surface area is 142 Å². The fourth-order valence-corrected chi connectivity index (χ4v) is 2.85. The first-order valence-electron chi connectivity index (χ1n) is 7.96. The first-order chi connectivity index (χ1) is 11.0. The van der Waals surface area contributed by atoms with Gasteiger partial charge in [0.25, 0.3) is 0 Å². The lowest BCUT2D eigenvalue weighted by molar-refractivity contribution is -0.0485. The SMILES string of the molecule is CC(C)(C)OC(=O)NCC1CCN(CCNP(O)C(F)(F)F)CC1. The van der Waals surface area contributed by atoms with E-state index in [1.165, 1.54) is 0 Å². The van der Waals surface area contributed by atoms with Crippen molar-refractivity contribution in [3.63, 3.8) is 0 Å². The number of amides is 1. The van der Waals surface area contributed by atoms with Gasteiger partial charge in [0.2, 0.25) is 8.30 Å². The monoisotopic (exact) mass is 373 g/mol. The van der Waals surface area contributed by atoms with E-state index in [0.717, 1.165) is 25.9 Å². The molecule has 1 amide bonds. The Kier molecular flexibility index (Phi) is 8.19. The number of rotatable bonds is 6. The maximum absolute atomic E-state index is 12.2. The van der Waals surface area contributed by atoms with Crippen molar-refractivity contribution < 1.29 is 27.6 Å². The van der Waals surface area contributed by atoms with E-state index in [0.29, 0.717) is 19.0 Å². The van der Waals surface area contributed by atoms with Crippen molar-refractivity contribution >= 4 is 14.4 Å². The summed E-state index contributed by atoms with van der Waals surface area (Å²) in [5.41, 5.74) is -0.525. The topological polar surface area (TPSA) is 73.8 Å². The van der Waals surface area contributed by atoms with Crippen LogP contribution in [0.15, 0.2) is 0 Å². The number of alkyl carbamates (subject to hydrolysis) is 1. The van der Waals surface area contributed by atoms with Crippen molar-refractivity contribution in [2.24, 2.45) is 5.92 Å². The second-order valence-electron chi connectivity index (χ2n) is 6.86. The Bertz CT molecular complexity index is 397. The summed E-state index contributed by atoms with van der Waals surface area (Å²) in [6.45, 7) is 8.03. The Morgan fingerprint density at radius 3 is 2.38 bits per heavy atom. The molecule has 1 saturated heterocycles. The molecule has 0 aromatic rings. The van der Waals surface area contributed by atoms with Crippen molar-refractivity contribution in [1.29, 1.82) is 0 Å². The van der Waals surface area contributed by atoms with Crippen molar-refractivity contribution in [2.45, 2.75) is 45.1 Å². The van der Waals surface area contributed by atoms with Crippen molar-refractivity contribution in [3.05, 3.63) is 0 Å². The molecule has 1 heterocycles. The van der Waals surface area contributed by atoms with Crippen LogP contribution in [0.5, 0.6) is 0 Å². The summed E-state index contributed by atoms with van der Waals surface area (Å²) < 4.78 is 41.7. The molecular weight excluding hydrogens is 346 g/mol. The predicted molar refractivity (Wildman–Crippen MR) is 86.6 cm³/mol. The fourth-order valence-electron chi connectivity index (χ4n) is 2.36. The molecule has 1 fully saturated rings. The van der Waals surface area contributed by atoms with Gasteiger partial charge in [-0.05, 0) is 52.6 Å². The van der Waals surface area contributed by atoms with E-state index in [9.17, 15) is 18.0 Å². The van der Waals surface area contributed by atoms with E-state index in [-0.39, 0.29) is 6.54 Å². The van der Waals surface area contributed by atoms with Crippen LogP contribution in [-0.4, -0.2) is 60.1 Å². The van der Waals surface area contributed by atoms with Gasteiger partial charge < -0.3 is 19.8 Å². The minimum Gasteiger partial charge on any atom is -0.444 e. The van der Waals surface area contributed by atoms with Gasteiger partial charge in [-0.25, -0.2) is 4.79 Å². The molecule has 0 bridgehead atoms. The van der Waals surface area contributed by atoms with Crippen LogP contribution in [0.4, 0.5) is 18.0 Å². The highest BCUT2D eigenvalue weighted by Crippen LogP contribution is 2.45. The summed E-state index contributed by atoms with van der Waals surface area (Å²) in [6.07, 6.45) is 1.30. The maximum atomic E-state index is 12.2. The van der Waals surface area contributed by atoms with E-state index >= 15 is 0 Å². The van der Waals surface area contributed by atoms with Crippen molar-refractivity contribution in [1.82, 2.24) is 15.3 Å². The normalized spacial score (nSPS) is 19.1. The molecule has 10 heteroatoms. The minimum absolute atomic E-state index is 0.0997. The number of nitrogens with one attached hydrogen (secondary N) is 2. The van der Waals surface area contributed by atoms with E-state index in [1.54, 1.807) is 20.8 Å². The molecule has 0 saturated carbocycles. The molecule has 1 unspecified atom stereocenters. The number of hydrogen-bond acceptors (Lipinski definition) is 5. The molecule has 0 radical (unpaired) electrons. The van der Waals surface area contributed by atoms with Gasteiger partial charge >= 0.3 is 12.0 Å². The summed E-state index contributed by atoms with van der Waals surface area (Å²) in [4.78, 5) is 22.6. The third kappa shape index (κ3) is 9.01. The van der Waals surface area contributed by atoms with Crippen LogP contribution >= 0.6 is 8.30 Å². The van der Waals surface area contributed by atoms with Gasteiger partial charge in [0, 0.05) is 19.6 Å². The molecule has 142 valence electrons. The van der Waals surface area contributed by atoms with Gasteiger partial charge in [-0.15, -0.1) is 0 Å². The van der Waals surface area contributed by atoms with Gasteiger partial charge in [0.05, 0.1) is 0 Å². The molecule has 0 spiro atoms. The Morgan fingerprint density at radius 2 is 1.88 bits per heavy atom. The molecule has 0 aliphatic carbocycles. The lowest BCUT2D eigenvalue weighted by Gasteiger charge is -2.32. The molecule has 24 heavy (non-hydrogen) atoms. The van der Waals surface area contributed by atoms with Crippen LogP contribution in [0.3, 0.4) is 0 Å². The molecule has 1 aliphatic rings. The van der Waals surface area contributed by atoms with Gasteiger partial charge in [-0.3, -0.25) is 5.09 Å². The lowest BCUT2D eigenvalue weighted by atomic mass is 9.97. The van der Waals surface area contributed by atoms with Crippen molar-refractivity contribution in [3.8, 4) is 0 Å². The van der Waals surface area contributed by atoms with E-state index in [2.05, 4.69) is 15.3 Å². The number of piperidine rings is 1. The molecule has 1 rings (SSSR count). The highest BCUT2D eigenvalue weighted by Gasteiger charge is 2.39. The first-order valence-corrected chi connectivity index (χ1v) is 9.25. The van der Waals surface area contributed by atoms with E-state index < -0.39 is 25.9 Å². The van der Waals surface area contributed by atoms with E-state index in [4.69, 9.17) is 9.63 Å². The Morgan fingerprint density at radius 1 is 1.29 bits per heavy atom. The van der Waals surface area contributed by atoms with Gasteiger partial charge in [-0.1, -0.05) is 0 Å². The fraction of sp³-hybridized carbons (Fsp3) is 0.929. The Balaban J connectivity index is 2.15. The number of carbonyl (C=O) groups excluding carboxylic acids is 1. The highest BCUT2D eigenvalue weighted by atomic mass is 31.2. The van der Waals surface area contributed by atoms with Crippen LogP contribution in [0.1, 0.15) is 33.6 Å². The van der Waals surface area contributed by atoms with Crippen LogP contribution < -0.4 is 10.4 Å². The van der Waals surface area contributed by atoms with Gasteiger partial charge in [0.15, 0.2) is 0 Å². The maximum Gasteiger partial charge on any atom is 0.445 e. The van der Waals surface area contributed by atoms with Crippen molar-refractivity contribution in [2.75, 3.05) is 32.7 Å². The first kappa shape index (κ1) is 21.4. The summed E-state index contributed by atoms with van der Waals surface area (Å²) >= 11 is 0. The Hall–Kier alpha value is -0.630. The molecular formula is C14H27F3N3O3P. The van der Waals surface area contributed by atoms with Crippen LogP contribution in [0, 0.1) is 5.92 Å². The zero-order valence-corrected chi connectivity index (χ0v) is 15.2.